The van der Waals surface area contributed by atoms with Crippen molar-refractivity contribution < 1.29 is 9.53 Å². The molecule has 0 N–H and O–H groups in total. The zero-order chi connectivity index (χ0) is 17.8. The summed E-state index contributed by atoms with van der Waals surface area (Å²) in [5.41, 5.74) is 1.98. The lowest BCUT2D eigenvalue weighted by Gasteiger charge is -2.38. The maximum absolute atomic E-state index is 13.3. The molecule has 4 rings (SSSR count). The Bertz CT molecular complexity index is 609. The third kappa shape index (κ3) is 4.04. The van der Waals surface area contributed by atoms with Crippen molar-refractivity contribution in [2.75, 3.05) is 57.4 Å². The first-order valence-corrected chi connectivity index (χ1v) is 10.3. The maximum atomic E-state index is 13.3. The summed E-state index contributed by atoms with van der Waals surface area (Å²) in [5.74, 6) is 0.212. The van der Waals surface area contributed by atoms with E-state index in [0.29, 0.717) is 6.04 Å². The van der Waals surface area contributed by atoms with Crippen LogP contribution in [0.15, 0.2) is 24.3 Å². The third-order valence-corrected chi connectivity index (χ3v) is 6.02. The van der Waals surface area contributed by atoms with Crippen LogP contribution in [0.25, 0.3) is 0 Å². The largest absolute Gasteiger partial charge is 0.378 e. The van der Waals surface area contributed by atoms with Gasteiger partial charge >= 0.3 is 0 Å². The monoisotopic (exact) mass is 357 g/mol. The van der Waals surface area contributed by atoms with Crippen LogP contribution in [0.3, 0.4) is 0 Å². The molecule has 0 bridgehead atoms. The fraction of sp³-hybridized carbons (Fsp3) is 0.667. The number of morpholine rings is 1. The lowest BCUT2D eigenvalue weighted by atomic mass is 10.00. The van der Waals surface area contributed by atoms with Crippen molar-refractivity contribution >= 4 is 11.6 Å². The molecule has 3 aliphatic heterocycles. The summed E-state index contributed by atoms with van der Waals surface area (Å²) >= 11 is 0. The van der Waals surface area contributed by atoms with Gasteiger partial charge in [0.25, 0.3) is 5.91 Å². The van der Waals surface area contributed by atoms with Crippen molar-refractivity contribution in [3.05, 3.63) is 29.8 Å². The highest BCUT2D eigenvalue weighted by Crippen LogP contribution is 2.24. The molecule has 1 unspecified atom stereocenters. The second-order valence-electron chi connectivity index (χ2n) is 7.81. The third-order valence-electron chi connectivity index (χ3n) is 6.02. The molecule has 1 amide bonds. The van der Waals surface area contributed by atoms with Gasteiger partial charge in [-0.05, 0) is 63.4 Å². The molecule has 0 aliphatic carbocycles. The number of likely N-dealkylation sites (tertiary alicyclic amines) is 2. The van der Waals surface area contributed by atoms with E-state index in [1.54, 1.807) is 0 Å². The molecule has 5 heteroatoms. The highest BCUT2D eigenvalue weighted by molar-refractivity contribution is 5.95. The Balaban J connectivity index is 1.47. The molecule has 3 heterocycles. The van der Waals surface area contributed by atoms with Crippen LogP contribution in [0, 0.1) is 0 Å². The van der Waals surface area contributed by atoms with Crippen LogP contribution in [0.2, 0.25) is 0 Å². The van der Waals surface area contributed by atoms with E-state index in [1.165, 1.54) is 32.4 Å². The number of amides is 1. The zero-order valence-corrected chi connectivity index (χ0v) is 15.7. The predicted molar refractivity (Wildman–Crippen MR) is 104 cm³/mol. The number of ether oxygens (including phenoxy) is 1. The number of carbonyl (C=O) groups excluding carboxylic acids is 1. The quantitative estimate of drug-likeness (QED) is 0.830. The summed E-state index contributed by atoms with van der Waals surface area (Å²) in [6, 6.07) is 8.57. The van der Waals surface area contributed by atoms with E-state index >= 15 is 0 Å². The summed E-state index contributed by atoms with van der Waals surface area (Å²) in [6.45, 7) is 7.69. The zero-order valence-electron chi connectivity index (χ0n) is 15.7. The van der Waals surface area contributed by atoms with E-state index in [-0.39, 0.29) is 5.91 Å². The number of rotatable bonds is 4. The topological polar surface area (TPSA) is 36.0 Å². The van der Waals surface area contributed by atoms with Crippen LogP contribution >= 0.6 is 0 Å². The number of piperidine rings is 1. The maximum Gasteiger partial charge on any atom is 0.254 e. The lowest BCUT2D eigenvalue weighted by Crippen LogP contribution is -2.49. The van der Waals surface area contributed by atoms with Crippen molar-refractivity contribution in [3.63, 3.8) is 0 Å². The van der Waals surface area contributed by atoms with Gasteiger partial charge in [0, 0.05) is 43.5 Å². The first-order chi connectivity index (χ1) is 12.8. The van der Waals surface area contributed by atoms with Crippen LogP contribution in [0.4, 0.5) is 5.69 Å². The number of benzene rings is 1. The molecule has 0 spiro atoms. The predicted octanol–water partition coefficient (Wildman–Crippen LogP) is 2.61. The van der Waals surface area contributed by atoms with E-state index in [9.17, 15) is 4.79 Å². The second kappa shape index (κ2) is 8.40. The molecular formula is C21H31N3O2. The van der Waals surface area contributed by atoms with Crippen molar-refractivity contribution in [3.8, 4) is 0 Å². The standard InChI is InChI=1S/C21H31N3O2/c25-21(18-6-5-8-19(16-18)23-12-14-26-15-13-23)24-11-2-1-7-20(24)17-22-9-3-4-10-22/h5-6,8,16,20H,1-4,7,9-15,17H2. The minimum atomic E-state index is 0.212. The summed E-state index contributed by atoms with van der Waals surface area (Å²) in [4.78, 5) is 20.3. The SMILES string of the molecule is O=C(c1cccc(N2CCOCC2)c1)N1CCCCC1CN1CCCC1. The van der Waals surface area contributed by atoms with Gasteiger partial charge in [0.05, 0.1) is 13.2 Å². The van der Waals surface area contributed by atoms with Crippen molar-refractivity contribution in [2.24, 2.45) is 0 Å². The van der Waals surface area contributed by atoms with Gasteiger partial charge in [-0.1, -0.05) is 6.07 Å². The molecule has 1 aromatic carbocycles. The fourth-order valence-electron chi connectivity index (χ4n) is 4.54. The second-order valence-corrected chi connectivity index (χ2v) is 7.81. The smallest absolute Gasteiger partial charge is 0.254 e. The molecule has 1 aromatic rings. The van der Waals surface area contributed by atoms with E-state index < -0.39 is 0 Å². The van der Waals surface area contributed by atoms with Gasteiger partial charge in [0.15, 0.2) is 0 Å². The number of nitrogens with zero attached hydrogens (tertiary/aromatic N) is 3. The molecule has 0 radical (unpaired) electrons. The number of hydrogen-bond acceptors (Lipinski definition) is 4. The summed E-state index contributed by atoms with van der Waals surface area (Å²) in [7, 11) is 0. The molecule has 0 aromatic heterocycles. The minimum Gasteiger partial charge on any atom is -0.378 e. The van der Waals surface area contributed by atoms with E-state index in [1.807, 2.05) is 12.1 Å². The van der Waals surface area contributed by atoms with Gasteiger partial charge in [-0.2, -0.15) is 0 Å². The van der Waals surface area contributed by atoms with Gasteiger partial charge in [-0.3, -0.25) is 4.79 Å². The molecule has 3 fully saturated rings. The molecular weight excluding hydrogens is 326 g/mol. The summed E-state index contributed by atoms with van der Waals surface area (Å²) in [5, 5.41) is 0. The average molecular weight is 357 g/mol. The average Bonchev–Trinajstić information content (AvgIpc) is 3.22. The number of carbonyl (C=O) groups is 1. The van der Waals surface area contributed by atoms with Crippen LogP contribution in [-0.4, -0.2) is 74.2 Å². The number of anilines is 1. The van der Waals surface area contributed by atoms with Crippen molar-refractivity contribution in [1.82, 2.24) is 9.80 Å². The van der Waals surface area contributed by atoms with Crippen LogP contribution in [0.5, 0.6) is 0 Å². The van der Waals surface area contributed by atoms with E-state index in [0.717, 1.165) is 63.5 Å². The molecule has 5 nitrogen and oxygen atoms in total. The Kier molecular flexibility index (Phi) is 5.75. The van der Waals surface area contributed by atoms with E-state index in [4.69, 9.17) is 4.74 Å². The highest BCUT2D eigenvalue weighted by Gasteiger charge is 2.30. The summed E-state index contributed by atoms with van der Waals surface area (Å²) in [6.07, 6.45) is 6.14. The Morgan fingerprint density at radius 1 is 1.00 bits per heavy atom. The van der Waals surface area contributed by atoms with Crippen LogP contribution in [0.1, 0.15) is 42.5 Å². The molecule has 0 saturated carbocycles. The molecule has 3 aliphatic rings. The summed E-state index contributed by atoms with van der Waals surface area (Å²) < 4.78 is 5.45. The van der Waals surface area contributed by atoms with E-state index in [2.05, 4.69) is 26.8 Å². The van der Waals surface area contributed by atoms with Gasteiger partial charge < -0.3 is 19.4 Å². The molecule has 142 valence electrons. The highest BCUT2D eigenvalue weighted by atomic mass is 16.5. The first-order valence-electron chi connectivity index (χ1n) is 10.3. The molecule has 1 atom stereocenters. The lowest BCUT2D eigenvalue weighted by molar-refractivity contribution is 0.0560. The molecule has 26 heavy (non-hydrogen) atoms. The van der Waals surface area contributed by atoms with Gasteiger partial charge in [-0.25, -0.2) is 0 Å². The fourth-order valence-corrected chi connectivity index (χ4v) is 4.54. The Labute approximate surface area is 156 Å². The van der Waals surface area contributed by atoms with Gasteiger partial charge in [0.2, 0.25) is 0 Å². The van der Waals surface area contributed by atoms with Gasteiger partial charge in [-0.15, -0.1) is 0 Å². The first kappa shape index (κ1) is 17.8. The van der Waals surface area contributed by atoms with Crippen molar-refractivity contribution in [2.45, 2.75) is 38.1 Å². The van der Waals surface area contributed by atoms with Crippen molar-refractivity contribution in [1.29, 1.82) is 0 Å². The number of hydrogen-bond donors (Lipinski definition) is 0. The minimum absolute atomic E-state index is 0.212. The Morgan fingerprint density at radius 3 is 2.58 bits per heavy atom. The molecule has 3 saturated heterocycles. The Hall–Kier alpha value is -1.59. The normalized spacial score (nSPS) is 24.8. The van der Waals surface area contributed by atoms with Crippen LogP contribution in [-0.2, 0) is 4.74 Å². The van der Waals surface area contributed by atoms with Crippen LogP contribution < -0.4 is 4.90 Å². The Morgan fingerprint density at radius 2 is 1.77 bits per heavy atom. The van der Waals surface area contributed by atoms with Gasteiger partial charge in [0.1, 0.15) is 0 Å².